The Morgan fingerprint density at radius 1 is 0.711 bits per heavy atom. The van der Waals surface area contributed by atoms with Gasteiger partial charge in [0.25, 0.3) is 5.91 Å². The average molecular weight is 587 g/mol. The maximum absolute atomic E-state index is 13.5. The van der Waals surface area contributed by atoms with Crippen LogP contribution in [0.3, 0.4) is 0 Å². The van der Waals surface area contributed by atoms with E-state index >= 15 is 0 Å². The quantitative estimate of drug-likeness (QED) is 0.160. The van der Waals surface area contributed by atoms with Gasteiger partial charge in [0.2, 0.25) is 0 Å². The summed E-state index contributed by atoms with van der Waals surface area (Å²) >= 11 is 0. The largest absolute Gasteiger partial charge is 0.364 e. The van der Waals surface area contributed by atoms with Crippen molar-refractivity contribution in [1.82, 2.24) is 14.5 Å². The Balaban J connectivity index is 1.34. The number of nitrogens with zero attached hydrogens (tertiary/aromatic N) is 3. The number of nitrogens with two attached hydrogens (primary N) is 1. The Labute approximate surface area is 261 Å². The normalized spacial score (nSPS) is 13.9. The molecule has 6 nitrogen and oxygen atoms in total. The number of carbonyl (C=O) groups excluding carboxylic acids is 2. The molecule has 0 saturated heterocycles. The number of aryl methyl sites for hydroxylation is 1. The van der Waals surface area contributed by atoms with E-state index < -0.39 is 11.4 Å². The molecule has 4 aromatic carbocycles. The topological polar surface area (TPSA) is 90.9 Å². The van der Waals surface area contributed by atoms with Gasteiger partial charge in [-0.1, -0.05) is 115 Å². The summed E-state index contributed by atoms with van der Waals surface area (Å²) in [6, 6.07) is 42.6. The molecular weight excluding hydrogens is 556 g/mol. The van der Waals surface area contributed by atoms with E-state index in [4.69, 9.17) is 10.7 Å². The molecule has 0 radical (unpaired) electrons. The van der Waals surface area contributed by atoms with Crippen LogP contribution in [-0.2, 0) is 12.0 Å². The smallest absolute Gasteiger partial charge is 0.267 e. The molecule has 1 aliphatic rings. The molecule has 7 rings (SSSR count). The van der Waals surface area contributed by atoms with Crippen molar-refractivity contribution in [1.29, 1.82) is 0 Å². The van der Waals surface area contributed by atoms with Crippen LogP contribution < -0.4 is 5.73 Å². The monoisotopic (exact) mass is 586 g/mol. The highest BCUT2D eigenvalue weighted by Gasteiger charge is 2.38. The van der Waals surface area contributed by atoms with Crippen LogP contribution in [0.2, 0.25) is 0 Å². The summed E-state index contributed by atoms with van der Waals surface area (Å²) in [5.74, 6) is -0.688. The second kappa shape index (κ2) is 11.7. The standard InChI is InChI=1S/C39H30N4O2/c40-38(45)35-23-21-33-34(42-35)22-20-28(37(33)44)24-27-12-10-11-19-32(27)36-25-43(26-41-36)39(29-13-4-1-5-14-29,30-15-6-2-7-16-30)31-17-8-3-9-18-31/h1-19,21,23-26H,20,22H2,(H2,40,45). The molecule has 0 aliphatic heterocycles. The molecule has 45 heavy (non-hydrogen) atoms. The minimum Gasteiger partial charge on any atom is -0.364 e. The van der Waals surface area contributed by atoms with Crippen LogP contribution in [0.4, 0.5) is 0 Å². The molecule has 0 spiro atoms. The van der Waals surface area contributed by atoms with Gasteiger partial charge in [-0.15, -0.1) is 0 Å². The van der Waals surface area contributed by atoms with Gasteiger partial charge in [-0.05, 0) is 53.3 Å². The number of carbonyl (C=O) groups is 2. The van der Waals surface area contributed by atoms with Crippen molar-refractivity contribution in [2.24, 2.45) is 5.73 Å². The third kappa shape index (κ3) is 4.96. The summed E-state index contributed by atoms with van der Waals surface area (Å²) in [6.45, 7) is 0. The molecule has 2 aromatic heterocycles. The minimum absolute atomic E-state index is 0.0867. The van der Waals surface area contributed by atoms with Gasteiger partial charge >= 0.3 is 0 Å². The third-order valence-electron chi connectivity index (χ3n) is 8.51. The summed E-state index contributed by atoms with van der Waals surface area (Å²) in [5.41, 5.74) is 12.7. The van der Waals surface area contributed by atoms with E-state index in [0.29, 0.717) is 29.7 Å². The number of primary amides is 1. The van der Waals surface area contributed by atoms with Crippen molar-refractivity contribution in [2.75, 3.05) is 0 Å². The first kappa shape index (κ1) is 27.9. The van der Waals surface area contributed by atoms with Gasteiger partial charge in [0.05, 0.1) is 17.7 Å². The van der Waals surface area contributed by atoms with Gasteiger partial charge in [0, 0.05) is 22.9 Å². The van der Waals surface area contributed by atoms with Crippen molar-refractivity contribution in [3.05, 3.63) is 185 Å². The van der Waals surface area contributed by atoms with Crippen LogP contribution in [0.1, 0.15) is 55.2 Å². The summed E-state index contributed by atoms with van der Waals surface area (Å²) in [4.78, 5) is 34.4. The first-order chi connectivity index (χ1) is 22.1. The van der Waals surface area contributed by atoms with E-state index in [1.165, 1.54) is 6.07 Å². The van der Waals surface area contributed by atoms with Crippen molar-refractivity contribution in [3.63, 3.8) is 0 Å². The number of allylic oxidation sites excluding steroid dienone is 1. The van der Waals surface area contributed by atoms with E-state index in [2.05, 4.69) is 88.5 Å². The molecule has 1 aliphatic carbocycles. The van der Waals surface area contributed by atoms with E-state index in [1.807, 2.05) is 54.9 Å². The maximum Gasteiger partial charge on any atom is 0.267 e. The van der Waals surface area contributed by atoms with Crippen molar-refractivity contribution in [2.45, 2.75) is 18.4 Å². The second-order valence-corrected chi connectivity index (χ2v) is 11.1. The molecule has 0 unspecified atom stereocenters. The van der Waals surface area contributed by atoms with Gasteiger partial charge in [-0.25, -0.2) is 9.97 Å². The minimum atomic E-state index is -0.678. The zero-order valence-corrected chi connectivity index (χ0v) is 24.5. The number of ketones is 1. The molecule has 6 heteroatoms. The Morgan fingerprint density at radius 2 is 1.29 bits per heavy atom. The second-order valence-electron chi connectivity index (χ2n) is 11.1. The lowest BCUT2D eigenvalue weighted by molar-refractivity contribution is 0.0989. The van der Waals surface area contributed by atoms with Crippen molar-refractivity contribution in [3.8, 4) is 11.3 Å². The molecule has 218 valence electrons. The van der Waals surface area contributed by atoms with Crippen LogP contribution in [0.15, 0.2) is 145 Å². The number of hydrogen-bond acceptors (Lipinski definition) is 4. The van der Waals surface area contributed by atoms with Crippen LogP contribution in [-0.4, -0.2) is 26.2 Å². The fraction of sp³-hybridized carbons (Fsp3) is 0.0769. The van der Waals surface area contributed by atoms with Gasteiger partial charge in [-0.3, -0.25) is 9.59 Å². The van der Waals surface area contributed by atoms with Crippen molar-refractivity contribution >= 4 is 17.8 Å². The Morgan fingerprint density at radius 3 is 1.89 bits per heavy atom. The molecule has 2 N–H and O–H groups in total. The molecule has 6 aromatic rings. The number of fused-ring (bicyclic) bond motifs is 1. The van der Waals surface area contributed by atoms with Gasteiger partial charge in [0.15, 0.2) is 5.78 Å². The first-order valence-corrected chi connectivity index (χ1v) is 14.9. The fourth-order valence-electron chi connectivity index (χ4n) is 6.39. The van der Waals surface area contributed by atoms with Gasteiger partial charge in [0.1, 0.15) is 11.2 Å². The highest BCUT2D eigenvalue weighted by Crippen LogP contribution is 2.41. The van der Waals surface area contributed by atoms with Crippen molar-refractivity contribution < 1.29 is 9.59 Å². The zero-order chi connectivity index (χ0) is 30.8. The number of imidazole rings is 1. The summed E-state index contributed by atoms with van der Waals surface area (Å²) in [6.07, 6.45) is 7.02. The number of pyridine rings is 1. The Bertz CT molecular complexity index is 1950. The molecule has 0 saturated carbocycles. The lowest BCUT2D eigenvalue weighted by Crippen LogP contribution is -2.36. The van der Waals surface area contributed by atoms with Crippen LogP contribution in [0, 0.1) is 0 Å². The average Bonchev–Trinajstić information content (AvgIpc) is 3.58. The van der Waals surface area contributed by atoms with Crippen LogP contribution in [0.5, 0.6) is 0 Å². The SMILES string of the molecule is NC(=O)c1ccc2c(n1)CCC(=Cc1ccccc1-c1cn(C(c3ccccc3)(c3ccccc3)c3ccccc3)cn1)C2=O. The molecule has 0 fully saturated rings. The predicted molar refractivity (Wildman–Crippen MR) is 176 cm³/mol. The lowest BCUT2D eigenvalue weighted by atomic mass is 9.77. The third-order valence-corrected chi connectivity index (χ3v) is 8.51. The van der Waals surface area contributed by atoms with Crippen LogP contribution >= 0.6 is 0 Å². The predicted octanol–water partition coefficient (Wildman–Crippen LogP) is 7.10. The molecular formula is C39H30N4O2. The molecule has 0 atom stereocenters. The maximum atomic E-state index is 13.5. The number of Topliss-reactive ketones (excluding diaryl/α,β-unsaturated/α-hetero) is 1. The number of rotatable bonds is 7. The Kier molecular flexibility index (Phi) is 7.23. The van der Waals surface area contributed by atoms with E-state index in [1.54, 1.807) is 6.07 Å². The van der Waals surface area contributed by atoms with E-state index in [9.17, 15) is 9.59 Å². The number of aromatic nitrogens is 3. The van der Waals surface area contributed by atoms with Gasteiger partial charge < -0.3 is 10.3 Å². The zero-order valence-electron chi connectivity index (χ0n) is 24.5. The molecule has 0 bridgehead atoms. The Hall–Kier alpha value is -5.88. The van der Waals surface area contributed by atoms with E-state index in [0.717, 1.165) is 33.5 Å². The van der Waals surface area contributed by atoms with E-state index in [-0.39, 0.29) is 11.5 Å². The summed E-state index contributed by atoms with van der Waals surface area (Å²) in [5, 5.41) is 0. The first-order valence-electron chi connectivity index (χ1n) is 14.9. The van der Waals surface area contributed by atoms with Gasteiger partial charge in [-0.2, -0.15) is 0 Å². The number of amides is 1. The van der Waals surface area contributed by atoms with Crippen LogP contribution in [0.25, 0.3) is 17.3 Å². The highest BCUT2D eigenvalue weighted by atomic mass is 16.1. The molecule has 2 heterocycles. The number of hydrogen-bond donors (Lipinski definition) is 1. The molecule has 1 amide bonds. The summed E-state index contributed by atoms with van der Waals surface area (Å²) in [7, 11) is 0. The number of benzene rings is 4. The highest BCUT2D eigenvalue weighted by molar-refractivity contribution is 6.13. The fourth-order valence-corrected chi connectivity index (χ4v) is 6.39. The lowest BCUT2D eigenvalue weighted by Gasteiger charge is -2.37. The summed E-state index contributed by atoms with van der Waals surface area (Å²) < 4.78 is 2.19.